The van der Waals surface area contributed by atoms with Crippen molar-refractivity contribution in [2.24, 2.45) is 17.8 Å². The number of aliphatic carboxylic acids is 1. The van der Waals surface area contributed by atoms with Crippen LogP contribution in [0.3, 0.4) is 0 Å². The molecule has 0 unspecified atom stereocenters. The normalized spacial score (nSPS) is 42.7. The molecule has 2 aliphatic rings. The lowest BCUT2D eigenvalue weighted by Crippen LogP contribution is -2.46. The minimum absolute atomic E-state index is 0.244. The summed E-state index contributed by atoms with van der Waals surface area (Å²) in [6, 6.07) is 0. The number of hydrogen-bond acceptors (Lipinski definition) is 2. The van der Waals surface area contributed by atoms with Crippen LogP contribution in [-0.4, -0.2) is 21.8 Å². The molecule has 0 aromatic heterocycles. The molecule has 2 fully saturated rings. The molecular formula is C11H18O3. The molecule has 14 heavy (non-hydrogen) atoms. The van der Waals surface area contributed by atoms with E-state index in [1.54, 1.807) is 0 Å². The smallest absolute Gasteiger partial charge is 0.309 e. The Morgan fingerprint density at radius 3 is 2.64 bits per heavy atom. The maximum atomic E-state index is 11.0. The second-order valence-electron chi connectivity index (χ2n) is 4.87. The zero-order valence-electron chi connectivity index (χ0n) is 8.57. The van der Waals surface area contributed by atoms with Crippen molar-refractivity contribution in [1.82, 2.24) is 0 Å². The van der Waals surface area contributed by atoms with E-state index in [1.165, 1.54) is 6.42 Å². The maximum Gasteiger partial charge on any atom is 0.309 e. The standard InChI is InChI=1S/C11H18O3/c1-2-9(10(12)13)11(14)6-7-3-4-8(11)5-7/h7-9,14H,2-6H2,1H3,(H,12,13)/t7-,8+,9+,11-/m1/s1. The summed E-state index contributed by atoms with van der Waals surface area (Å²) < 4.78 is 0. The van der Waals surface area contributed by atoms with E-state index in [0.29, 0.717) is 18.8 Å². The highest BCUT2D eigenvalue weighted by Gasteiger charge is 2.55. The number of carboxylic acids is 1. The van der Waals surface area contributed by atoms with Gasteiger partial charge in [-0.3, -0.25) is 4.79 Å². The molecule has 3 heteroatoms. The lowest BCUT2D eigenvalue weighted by atomic mass is 9.74. The third-order valence-electron chi connectivity index (χ3n) is 4.17. The minimum atomic E-state index is -0.899. The van der Waals surface area contributed by atoms with Crippen molar-refractivity contribution in [3.63, 3.8) is 0 Å². The van der Waals surface area contributed by atoms with Gasteiger partial charge in [0, 0.05) is 0 Å². The maximum absolute atomic E-state index is 11.0. The molecule has 2 bridgehead atoms. The number of carbonyl (C=O) groups is 1. The summed E-state index contributed by atoms with van der Waals surface area (Å²) in [7, 11) is 0. The Bertz CT molecular complexity index is 251. The highest BCUT2D eigenvalue weighted by atomic mass is 16.4. The van der Waals surface area contributed by atoms with Gasteiger partial charge in [-0.2, -0.15) is 0 Å². The van der Waals surface area contributed by atoms with Gasteiger partial charge in [-0.25, -0.2) is 0 Å². The lowest BCUT2D eigenvalue weighted by Gasteiger charge is -2.37. The van der Waals surface area contributed by atoms with Gasteiger partial charge < -0.3 is 10.2 Å². The van der Waals surface area contributed by atoms with Gasteiger partial charge in [0.15, 0.2) is 0 Å². The van der Waals surface area contributed by atoms with Gasteiger partial charge in [0.25, 0.3) is 0 Å². The molecule has 2 N–H and O–H groups in total. The van der Waals surface area contributed by atoms with Gasteiger partial charge >= 0.3 is 5.97 Å². The van der Waals surface area contributed by atoms with Gasteiger partial charge in [-0.15, -0.1) is 0 Å². The summed E-state index contributed by atoms with van der Waals surface area (Å²) in [5, 5.41) is 19.5. The van der Waals surface area contributed by atoms with Crippen molar-refractivity contribution >= 4 is 5.97 Å². The van der Waals surface area contributed by atoms with Crippen LogP contribution >= 0.6 is 0 Å². The highest BCUT2D eigenvalue weighted by Crippen LogP contribution is 2.54. The van der Waals surface area contributed by atoms with Crippen LogP contribution in [0.2, 0.25) is 0 Å². The summed E-state index contributed by atoms with van der Waals surface area (Å²) in [5.41, 5.74) is -0.899. The molecule has 0 amide bonds. The predicted octanol–water partition coefficient (Wildman–Crippen LogP) is 1.65. The number of hydrogen-bond donors (Lipinski definition) is 2. The van der Waals surface area contributed by atoms with Crippen LogP contribution in [0.1, 0.15) is 39.0 Å². The Balaban J connectivity index is 2.19. The lowest BCUT2D eigenvalue weighted by molar-refractivity contribution is -0.157. The molecule has 2 rings (SSSR count). The molecule has 0 radical (unpaired) electrons. The van der Waals surface area contributed by atoms with Crippen LogP contribution in [0.25, 0.3) is 0 Å². The van der Waals surface area contributed by atoms with Gasteiger partial charge in [0.1, 0.15) is 0 Å². The predicted molar refractivity (Wildman–Crippen MR) is 51.8 cm³/mol. The molecule has 0 spiro atoms. The zero-order valence-corrected chi connectivity index (χ0v) is 8.57. The Labute approximate surface area is 84.1 Å². The first-order valence-corrected chi connectivity index (χ1v) is 5.53. The number of rotatable bonds is 3. The Hall–Kier alpha value is -0.570. The molecule has 0 aromatic rings. The van der Waals surface area contributed by atoms with Crippen molar-refractivity contribution in [1.29, 1.82) is 0 Å². The van der Waals surface area contributed by atoms with Crippen molar-refractivity contribution in [2.45, 2.75) is 44.6 Å². The summed E-state index contributed by atoms with van der Waals surface area (Å²) >= 11 is 0. The summed E-state index contributed by atoms with van der Waals surface area (Å²) in [6.07, 6.45) is 4.49. The SMILES string of the molecule is CC[C@@H](C(=O)O)[C@@]1(O)C[C@@H]2CC[C@H]1C2. The van der Waals surface area contributed by atoms with Gasteiger partial charge in [0.2, 0.25) is 0 Å². The molecule has 4 atom stereocenters. The first-order valence-electron chi connectivity index (χ1n) is 5.53. The van der Waals surface area contributed by atoms with E-state index in [0.717, 1.165) is 12.8 Å². The van der Waals surface area contributed by atoms with Crippen molar-refractivity contribution < 1.29 is 15.0 Å². The molecule has 0 heterocycles. The fraction of sp³-hybridized carbons (Fsp3) is 0.909. The molecular weight excluding hydrogens is 180 g/mol. The monoisotopic (exact) mass is 198 g/mol. The highest BCUT2D eigenvalue weighted by molar-refractivity contribution is 5.71. The second kappa shape index (κ2) is 3.23. The van der Waals surface area contributed by atoms with Crippen LogP contribution in [-0.2, 0) is 4.79 Å². The fourth-order valence-corrected chi connectivity index (χ4v) is 3.51. The van der Waals surface area contributed by atoms with Gasteiger partial charge in [-0.05, 0) is 43.9 Å². The minimum Gasteiger partial charge on any atom is -0.481 e. The first kappa shape index (κ1) is 9.97. The molecule has 0 saturated heterocycles. The van der Waals surface area contributed by atoms with E-state index in [2.05, 4.69) is 0 Å². The van der Waals surface area contributed by atoms with Crippen molar-refractivity contribution in [3.8, 4) is 0 Å². The number of carboxylic acid groups (broad SMARTS) is 1. The van der Waals surface area contributed by atoms with Crippen LogP contribution in [0.5, 0.6) is 0 Å². The van der Waals surface area contributed by atoms with E-state index >= 15 is 0 Å². The Kier molecular flexibility index (Phi) is 2.30. The van der Waals surface area contributed by atoms with Crippen LogP contribution in [0.4, 0.5) is 0 Å². The van der Waals surface area contributed by atoms with E-state index in [-0.39, 0.29) is 5.92 Å². The quantitative estimate of drug-likeness (QED) is 0.725. The van der Waals surface area contributed by atoms with Crippen LogP contribution < -0.4 is 0 Å². The third kappa shape index (κ3) is 1.26. The summed E-state index contributed by atoms with van der Waals surface area (Å²) in [5.74, 6) is -0.563. The van der Waals surface area contributed by atoms with E-state index in [1.807, 2.05) is 6.92 Å². The molecule has 0 aliphatic heterocycles. The topological polar surface area (TPSA) is 57.5 Å². The molecule has 2 saturated carbocycles. The fourth-order valence-electron chi connectivity index (χ4n) is 3.51. The average molecular weight is 198 g/mol. The molecule has 80 valence electrons. The number of fused-ring (bicyclic) bond motifs is 2. The van der Waals surface area contributed by atoms with Crippen LogP contribution in [0.15, 0.2) is 0 Å². The summed E-state index contributed by atoms with van der Waals surface area (Å²) in [4.78, 5) is 11.0. The second-order valence-corrected chi connectivity index (χ2v) is 4.87. The van der Waals surface area contributed by atoms with E-state index in [4.69, 9.17) is 5.11 Å². The molecule has 2 aliphatic carbocycles. The van der Waals surface area contributed by atoms with E-state index in [9.17, 15) is 9.90 Å². The van der Waals surface area contributed by atoms with Crippen molar-refractivity contribution in [2.75, 3.05) is 0 Å². The van der Waals surface area contributed by atoms with Gasteiger partial charge in [0.05, 0.1) is 11.5 Å². The first-order chi connectivity index (χ1) is 6.58. The molecule has 3 nitrogen and oxygen atoms in total. The van der Waals surface area contributed by atoms with Crippen molar-refractivity contribution in [3.05, 3.63) is 0 Å². The van der Waals surface area contributed by atoms with Gasteiger partial charge in [-0.1, -0.05) is 6.92 Å². The zero-order chi connectivity index (χ0) is 10.3. The Morgan fingerprint density at radius 2 is 2.29 bits per heavy atom. The third-order valence-corrected chi connectivity index (χ3v) is 4.17. The summed E-state index contributed by atoms with van der Waals surface area (Å²) in [6.45, 7) is 1.85. The van der Waals surface area contributed by atoms with E-state index < -0.39 is 17.5 Å². The number of aliphatic hydroxyl groups is 1. The Morgan fingerprint density at radius 1 is 1.57 bits per heavy atom. The molecule has 0 aromatic carbocycles. The van der Waals surface area contributed by atoms with Crippen LogP contribution in [0, 0.1) is 17.8 Å². The largest absolute Gasteiger partial charge is 0.481 e. The average Bonchev–Trinajstić information content (AvgIpc) is 2.63.